The summed E-state index contributed by atoms with van der Waals surface area (Å²) in [4.78, 5) is 0. The third kappa shape index (κ3) is 8.11. The predicted octanol–water partition coefficient (Wildman–Crippen LogP) is 2.81. The Kier molecular flexibility index (Phi) is 4.91. The number of halogens is 3. The molecule has 0 aromatic heterocycles. The maximum atomic E-state index is 11.6. The van der Waals surface area contributed by atoms with E-state index in [1.54, 1.807) is 0 Å². The van der Waals surface area contributed by atoms with Gasteiger partial charge in [-0.2, -0.15) is 13.9 Å². The highest BCUT2D eigenvalue weighted by molar-refractivity contribution is 6.17. The molecule has 0 aromatic carbocycles. The van der Waals surface area contributed by atoms with Crippen LogP contribution in [-0.4, -0.2) is 12.0 Å². The molecule has 4 heteroatoms. The molecule has 0 fully saturated rings. The van der Waals surface area contributed by atoms with E-state index in [2.05, 4.69) is 0 Å². The van der Waals surface area contributed by atoms with Crippen molar-refractivity contribution in [3.8, 4) is 0 Å². The van der Waals surface area contributed by atoms with Crippen molar-refractivity contribution in [2.45, 2.75) is 31.8 Å². The van der Waals surface area contributed by atoms with Gasteiger partial charge in [0.25, 0.3) is 0 Å². The number of hydrogen-bond acceptors (Lipinski definition) is 0. The van der Waals surface area contributed by atoms with Crippen molar-refractivity contribution in [3.63, 3.8) is 0 Å². The molecule has 10 heavy (non-hydrogen) atoms. The minimum atomic E-state index is -3.74. The van der Waals surface area contributed by atoms with Crippen molar-refractivity contribution in [3.05, 3.63) is 0 Å². The minimum Gasteiger partial charge on any atom is -0.173 e. The molecule has 0 aliphatic heterocycles. The molecule has 0 unspecified atom stereocenters. The van der Waals surface area contributed by atoms with Gasteiger partial charge in [-0.15, -0.1) is 11.6 Å². The third-order valence-electron chi connectivity index (χ3n) is 1.10. The molecule has 61 valence electrons. The second-order valence-corrected chi connectivity index (χ2v) is 2.51. The molecule has 0 rings (SSSR count). The zero-order chi connectivity index (χ0) is 8.04. The Morgan fingerprint density at radius 1 is 1.20 bits per heavy atom. The highest BCUT2D eigenvalue weighted by Gasteiger charge is 2.25. The summed E-state index contributed by atoms with van der Waals surface area (Å²) in [6.07, 6.45) is -2.72. The first-order chi connectivity index (χ1) is 4.56. The lowest BCUT2D eigenvalue weighted by atomic mass is 10.2. The molecule has 1 nitrogen and oxygen atoms in total. The summed E-state index contributed by atoms with van der Waals surface area (Å²) in [5.41, 5.74) is 0. The van der Waals surface area contributed by atoms with Crippen LogP contribution in [0.15, 0.2) is 0 Å². The number of alkyl halides is 3. The average Bonchev–Trinajstić information content (AvgIpc) is 1.78. The van der Waals surface area contributed by atoms with Crippen LogP contribution in [0, 0.1) is 0 Å². The first kappa shape index (κ1) is 10.1. The largest absolute Gasteiger partial charge is 0.381 e. The van der Waals surface area contributed by atoms with Gasteiger partial charge in [-0.05, 0) is 12.8 Å². The molecule has 0 saturated carbocycles. The van der Waals surface area contributed by atoms with Crippen LogP contribution >= 0.6 is 11.6 Å². The quantitative estimate of drug-likeness (QED) is 0.448. The number of hydrogen-bond donors (Lipinski definition) is 0. The fourth-order valence-corrected chi connectivity index (χ4v) is 0.791. The summed E-state index contributed by atoms with van der Waals surface area (Å²) in [6.45, 7) is 0. The van der Waals surface area contributed by atoms with Gasteiger partial charge in [0.05, 0.1) is 0 Å². The highest BCUT2D eigenvalue weighted by atomic mass is 35.5. The summed E-state index contributed by atoms with van der Waals surface area (Å²) in [5.74, 6) is 0.477. The van der Waals surface area contributed by atoms with Crippen LogP contribution < -0.4 is 0 Å². The normalized spacial score (nSPS) is 12.0. The molecular formula is C6H10ClF2O. The van der Waals surface area contributed by atoms with E-state index in [9.17, 15) is 13.9 Å². The van der Waals surface area contributed by atoms with Crippen molar-refractivity contribution in [2.75, 3.05) is 5.88 Å². The molecule has 0 atom stereocenters. The Bertz CT molecular complexity index is 82.3. The zero-order valence-electron chi connectivity index (χ0n) is 5.58. The van der Waals surface area contributed by atoms with Gasteiger partial charge in [0, 0.05) is 12.3 Å². The van der Waals surface area contributed by atoms with Crippen molar-refractivity contribution in [1.82, 2.24) is 0 Å². The molecule has 0 aliphatic rings. The fraction of sp³-hybridized carbons (Fsp3) is 1.00. The van der Waals surface area contributed by atoms with Crippen LogP contribution in [0.4, 0.5) is 8.78 Å². The number of rotatable bonds is 5. The predicted molar refractivity (Wildman–Crippen MR) is 34.8 cm³/mol. The van der Waals surface area contributed by atoms with Gasteiger partial charge in [0.2, 0.25) is 0 Å². The van der Waals surface area contributed by atoms with Gasteiger partial charge >= 0.3 is 6.11 Å². The van der Waals surface area contributed by atoms with Gasteiger partial charge < -0.3 is 0 Å². The maximum absolute atomic E-state index is 11.6. The SMILES string of the molecule is [O]C(F)(F)CCCCCCl. The second-order valence-electron chi connectivity index (χ2n) is 2.14. The zero-order valence-corrected chi connectivity index (χ0v) is 6.33. The second kappa shape index (κ2) is 4.85. The van der Waals surface area contributed by atoms with E-state index in [0.717, 1.165) is 0 Å². The Hall–Kier alpha value is 0.110. The van der Waals surface area contributed by atoms with Crippen molar-refractivity contribution in [1.29, 1.82) is 0 Å². The molecule has 0 bridgehead atoms. The molecule has 1 radical (unpaired) electrons. The summed E-state index contributed by atoms with van der Waals surface area (Å²) in [5, 5.41) is 9.70. The monoisotopic (exact) mass is 171 g/mol. The third-order valence-corrected chi connectivity index (χ3v) is 1.37. The van der Waals surface area contributed by atoms with Gasteiger partial charge in [-0.25, -0.2) is 0 Å². The van der Waals surface area contributed by atoms with Crippen molar-refractivity contribution >= 4 is 11.6 Å². The van der Waals surface area contributed by atoms with Gasteiger partial charge in [-0.1, -0.05) is 6.42 Å². The van der Waals surface area contributed by atoms with E-state index in [-0.39, 0.29) is 6.42 Å². The molecule has 0 aromatic rings. The summed E-state index contributed by atoms with van der Waals surface area (Å²) in [7, 11) is 0. The van der Waals surface area contributed by atoms with Crippen LogP contribution in [0.5, 0.6) is 0 Å². The highest BCUT2D eigenvalue weighted by Crippen LogP contribution is 2.18. The molecule has 0 aliphatic carbocycles. The van der Waals surface area contributed by atoms with E-state index in [1.165, 1.54) is 0 Å². The van der Waals surface area contributed by atoms with E-state index in [4.69, 9.17) is 11.6 Å². The first-order valence-corrected chi connectivity index (χ1v) is 3.74. The van der Waals surface area contributed by atoms with Crippen molar-refractivity contribution in [2.24, 2.45) is 0 Å². The van der Waals surface area contributed by atoms with Gasteiger partial charge in [0.15, 0.2) is 0 Å². The van der Waals surface area contributed by atoms with Crippen LogP contribution in [0.1, 0.15) is 25.7 Å². The Balaban J connectivity index is 3.04. The van der Waals surface area contributed by atoms with Crippen molar-refractivity contribution < 1.29 is 13.9 Å². The Morgan fingerprint density at radius 3 is 2.20 bits per heavy atom. The molecule has 0 saturated heterocycles. The Morgan fingerprint density at radius 2 is 1.80 bits per heavy atom. The molecule has 0 amide bonds. The average molecular weight is 172 g/mol. The maximum Gasteiger partial charge on any atom is 0.381 e. The first-order valence-electron chi connectivity index (χ1n) is 3.20. The smallest absolute Gasteiger partial charge is 0.173 e. The van der Waals surface area contributed by atoms with Gasteiger partial charge in [-0.3, -0.25) is 0 Å². The van der Waals surface area contributed by atoms with Crippen LogP contribution in [0.2, 0.25) is 0 Å². The van der Waals surface area contributed by atoms with Gasteiger partial charge in [0.1, 0.15) is 0 Å². The molecular weight excluding hydrogens is 162 g/mol. The van der Waals surface area contributed by atoms with Crippen LogP contribution in [0.25, 0.3) is 0 Å². The standard InChI is InChI=1S/C6H10ClF2O/c7-5-3-1-2-4-6(8,9)10/h1-5H2. The Labute approximate surface area is 64.0 Å². The van der Waals surface area contributed by atoms with E-state index >= 15 is 0 Å². The van der Waals surface area contributed by atoms with Crippen LogP contribution in [-0.2, 0) is 5.11 Å². The minimum absolute atomic E-state index is 0.267. The van der Waals surface area contributed by atoms with E-state index in [1.807, 2.05) is 0 Å². The topological polar surface area (TPSA) is 19.9 Å². The summed E-state index contributed by atoms with van der Waals surface area (Å²) in [6, 6.07) is 0. The van der Waals surface area contributed by atoms with Crippen LogP contribution in [0.3, 0.4) is 0 Å². The molecule has 0 heterocycles. The summed E-state index contributed by atoms with van der Waals surface area (Å²) >= 11 is 5.29. The summed E-state index contributed by atoms with van der Waals surface area (Å²) < 4.78 is 23.1. The molecule has 0 N–H and O–H groups in total. The lowest BCUT2D eigenvalue weighted by Gasteiger charge is -2.03. The molecule has 0 spiro atoms. The van der Waals surface area contributed by atoms with E-state index < -0.39 is 12.5 Å². The fourth-order valence-electron chi connectivity index (χ4n) is 0.602. The lowest BCUT2D eigenvalue weighted by molar-refractivity contribution is -0.245. The number of unbranched alkanes of at least 4 members (excludes halogenated alkanes) is 2. The van der Waals surface area contributed by atoms with E-state index in [0.29, 0.717) is 18.7 Å². The lowest BCUT2D eigenvalue weighted by Crippen LogP contribution is -2.11.